The van der Waals surface area contributed by atoms with Crippen LogP contribution in [0.5, 0.6) is 0 Å². The van der Waals surface area contributed by atoms with Crippen molar-refractivity contribution in [2.24, 2.45) is 0 Å². The molecule has 0 amide bonds. The van der Waals surface area contributed by atoms with Crippen molar-refractivity contribution >= 4 is 37.6 Å². The fourth-order valence-corrected chi connectivity index (χ4v) is 3.14. The van der Waals surface area contributed by atoms with Crippen molar-refractivity contribution in [2.75, 3.05) is 4.72 Å². The molecule has 1 aromatic heterocycles. The summed E-state index contributed by atoms with van der Waals surface area (Å²) < 4.78 is 27.2. The molecule has 0 aliphatic heterocycles. The van der Waals surface area contributed by atoms with Crippen LogP contribution in [0.2, 0.25) is 0 Å². The average molecular weight is 371 g/mol. The number of halogens is 1. The lowest BCUT2D eigenvalue weighted by atomic mass is 10.2. The van der Waals surface area contributed by atoms with Gasteiger partial charge in [0, 0.05) is 10.7 Å². The van der Waals surface area contributed by atoms with E-state index in [0.717, 1.165) is 11.6 Å². The summed E-state index contributed by atoms with van der Waals surface area (Å²) in [5.41, 5.74) is 0.993. The van der Waals surface area contributed by atoms with E-state index in [1.54, 1.807) is 19.2 Å². The smallest absolute Gasteiger partial charge is 0.336 e. The Morgan fingerprint density at radius 2 is 2.00 bits per heavy atom. The topological polar surface area (TPSA) is 96.4 Å². The van der Waals surface area contributed by atoms with E-state index in [1.807, 2.05) is 0 Å². The van der Waals surface area contributed by atoms with E-state index in [-0.39, 0.29) is 10.5 Å². The van der Waals surface area contributed by atoms with Gasteiger partial charge in [0.2, 0.25) is 0 Å². The standard InChI is InChI=1S/C13H11BrN2O4S/c1-8-4-9(7-15-6-8)16-21(19,20)10-2-3-12(14)11(5-10)13(17)18/h2-7,16H,1H3,(H,17,18). The molecule has 6 nitrogen and oxygen atoms in total. The normalized spacial score (nSPS) is 11.1. The van der Waals surface area contributed by atoms with Crippen LogP contribution in [-0.4, -0.2) is 24.5 Å². The van der Waals surface area contributed by atoms with Gasteiger partial charge in [-0.15, -0.1) is 0 Å². The number of sulfonamides is 1. The van der Waals surface area contributed by atoms with E-state index in [1.165, 1.54) is 18.3 Å². The highest BCUT2D eigenvalue weighted by atomic mass is 79.9. The highest BCUT2D eigenvalue weighted by Crippen LogP contribution is 2.23. The molecule has 0 radical (unpaired) electrons. The molecule has 0 aliphatic rings. The Kier molecular flexibility index (Phi) is 4.29. The molecule has 2 aromatic rings. The van der Waals surface area contributed by atoms with Gasteiger partial charge in [-0.3, -0.25) is 9.71 Å². The van der Waals surface area contributed by atoms with Crippen LogP contribution in [0.15, 0.2) is 46.0 Å². The molecule has 8 heteroatoms. The second kappa shape index (κ2) is 5.82. The number of aromatic nitrogens is 1. The van der Waals surface area contributed by atoms with Gasteiger partial charge in [-0.05, 0) is 52.7 Å². The van der Waals surface area contributed by atoms with Gasteiger partial charge in [-0.2, -0.15) is 0 Å². The maximum Gasteiger partial charge on any atom is 0.336 e. The van der Waals surface area contributed by atoms with Crippen LogP contribution in [0.4, 0.5) is 5.69 Å². The maximum absolute atomic E-state index is 12.3. The second-order valence-electron chi connectivity index (χ2n) is 4.30. The average Bonchev–Trinajstić information content (AvgIpc) is 2.38. The molecule has 0 fully saturated rings. The van der Waals surface area contributed by atoms with Crippen LogP contribution >= 0.6 is 15.9 Å². The minimum Gasteiger partial charge on any atom is -0.478 e. The number of carboxylic acid groups (broad SMARTS) is 1. The molecule has 21 heavy (non-hydrogen) atoms. The number of rotatable bonds is 4. The van der Waals surface area contributed by atoms with Gasteiger partial charge in [-0.1, -0.05) is 0 Å². The third-order valence-electron chi connectivity index (χ3n) is 2.61. The van der Waals surface area contributed by atoms with Crippen LogP contribution in [-0.2, 0) is 10.0 Å². The van der Waals surface area contributed by atoms with Crippen LogP contribution < -0.4 is 4.72 Å². The Hall–Kier alpha value is -1.93. The van der Waals surface area contributed by atoms with E-state index < -0.39 is 16.0 Å². The molecule has 0 saturated heterocycles. The molecule has 1 aromatic carbocycles. The number of carboxylic acids is 1. The molecule has 0 unspecified atom stereocenters. The van der Waals surface area contributed by atoms with Crippen molar-refractivity contribution in [3.63, 3.8) is 0 Å². The predicted octanol–water partition coefficient (Wildman–Crippen LogP) is 2.65. The fourth-order valence-electron chi connectivity index (χ4n) is 1.66. The summed E-state index contributed by atoms with van der Waals surface area (Å²) >= 11 is 3.07. The number of hydrogen-bond donors (Lipinski definition) is 2. The molecular formula is C13H11BrN2O4S. The monoisotopic (exact) mass is 370 g/mol. The van der Waals surface area contributed by atoms with Gasteiger partial charge in [0.25, 0.3) is 10.0 Å². The Morgan fingerprint density at radius 1 is 1.29 bits per heavy atom. The number of nitrogens with zero attached hydrogens (tertiary/aromatic N) is 1. The Labute approximate surface area is 130 Å². The van der Waals surface area contributed by atoms with E-state index >= 15 is 0 Å². The number of aryl methyl sites for hydroxylation is 1. The number of aromatic carboxylic acids is 1. The second-order valence-corrected chi connectivity index (χ2v) is 6.84. The number of pyridine rings is 1. The first kappa shape index (κ1) is 15.5. The number of carbonyl (C=O) groups is 1. The third kappa shape index (κ3) is 3.59. The van der Waals surface area contributed by atoms with Crippen molar-refractivity contribution in [3.8, 4) is 0 Å². The molecular weight excluding hydrogens is 360 g/mol. The molecule has 2 rings (SSSR count). The molecule has 1 heterocycles. The SMILES string of the molecule is Cc1cncc(NS(=O)(=O)c2ccc(Br)c(C(=O)O)c2)c1. The number of nitrogens with one attached hydrogen (secondary N) is 1. The number of anilines is 1. The molecule has 2 N–H and O–H groups in total. The van der Waals surface area contributed by atoms with E-state index in [4.69, 9.17) is 5.11 Å². The summed E-state index contributed by atoms with van der Waals surface area (Å²) in [7, 11) is -3.88. The first-order valence-corrected chi connectivity index (χ1v) is 8.04. The van der Waals surface area contributed by atoms with E-state index in [0.29, 0.717) is 10.2 Å². The minimum atomic E-state index is -3.88. The zero-order valence-electron chi connectivity index (χ0n) is 10.9. The summed E-state index contributed by atoms with van der Waals surface area (Å²) in [6.45, 7) is 1.78. The number of benzene rings is 1. The summed E-state index contributed by atoms with van der Waals surface area (Å²) in [6.07, 6.45) is 2.97. The summed E-state index contributed by atoms with van der Waals surface area (Å²) in [4.78, 5) is 14.8. The lowest BCUT2D eigenvalue weighted by Gasteiger charge is -2.09. The highest BCUT2D eigenvalue weighted by Gasteiger charge is 2.18. The fraction of sp³-hybridized carbons (Fsp3) is 0.0769. The highest BCUT2D eigenvalue weighted by molar-refractivity contribution is 9.10. The lowest BCUT2D eigenvalue weighted by Crippen LogP contribution is -2.14. The molecule has 0 aliphatic carbocycles. The van der Waals surface area contributed by atoms with Crippen LogP contribution in [0.3, 0.4) is 0 Å². The summed E-state index contributed by atoms with van der Waals surface area (Å²) in [5.74, 6) is -1.21. The van der Waals surface area contributed by atoms with Crippen molar-refractivity contribution in [1.29, 1.82) is 0 Å². The Bertz CT molecular complexity index is 806. The lowest BCUT2D eigenvalue weighted by molar-refractivity contribution is 0.0695. The van der Waals surface area contributed by atoms with E-state index in [9.17, 15) is 13.2 Å². The molecule has 0 bridgehead atoms. The minimum absolute atomic E-state index is 0.125. The van der Waals surface area contributed by atoms with Gasteiger partial charge in [0.15, 0.2) is 0 Å². The first-order chi connectivity index (χ1) is 9.79. The predicted molar refractivity (Wildman–Crippen MR) is 80.9 cm³/mol. The summed E-state index contributed by atoms with van der Waals surface area (Å²) in [6, 6.07) is 5.42. The molecule has 0 atom stereocenters. The zero-order valence-corrected chi connectivity index (χ0v) is 13.3. The quantitative estimate of drug-likeness (QED) is 0.862. The molecule has 0 spiro atoms. The van der Waals surface area contributed by atoms with Crippen LogP contribution in [0, 0.1) is 6.92 Å². The Morgan fingerprint density at radius 3 is 2.62 bits per heavy atom. The van der Waals surface area contributed by atoms with Crippen molar-refractivity contribution in [1.82, 2.24) is 4.98 Å². The van der Waals surface area contributed by atoms with Gasteiger partial charge in [0.05, 0.1) is 22.3 Å². The van der Waals surface area contributed by atoms with Gasteiger partial charge in [-0.25, -0.2) is 13.2 Å². The van der Waals surface area contributed by atoms with Gasteiger partial charge >= 0.3 is 5.97 Å². The third-order valence-corrected chi connectivity index (χ3v) is 4.68. The number of hydrogen-bond acceptors (Lipinski definition) is 4. The molecule has 110 valence electrons. The van der Waals surface area contributed by atoms with Gasteiger partial charge in [0.1, 0.15) is 0 Å². The summed E-state index contributed by atoms with van der Waals surface area (Å²) in [5, 5.41) is 9.03. The zero-order chi connectivity index (χ0) is 15.6. The van der Waals surface area contributed by atoms with Crippen LogP contribution in [0.1, 0.15) is 15.9 Å². The van der Waals surface area contributed by atoms with Crippen molar-refractivity contribution in [2.45, 2.75) is 11.8 Å². The first-order valence-electron chi connectivity index (χ1n) is 5.77. The largest absolute Gasteiger partial charge is 0.478 e. The van der Waals surface area contributed by atoms with E-state index in [2.05, 4.69) is 25.6 Å². The van der Waals surface area contributed by atoms with Crippen LogP contribution in [0.25, 0.3) is 0 Å². The molecule has 0 saturated carbocycles. The van der Waals surface area contributed by atoms with Crippen molar-refractivity contribution < 1.29 is 18.3 Å². The maximum atomic E-state index is 12.3. The Balaban J connectivity index is 2.40. The van der Waals surface area contributed by atoms with Crippen molar-refractivity contribution in [3.05, 3.63) is 52.3 Å². The van der Waals surface area contributed by atoms with Gasteiger partial charge < -0.3 is 5.11 Å².